The Hall–Kier alpha value is -0.950. The molecule has 3 nitrogen and oxygen atoms in total. The molecule has 0 unspecified atom stereocenters. The molecule has 0 saturated heterocycles. The highest BCUT2D eigenvalue weighted by atomic mass is 31.2. The molecule has 0 saturated carbocycles. The third-order valence-corrected chi connectivity index (χ3v) is 3.37. The van der Waals surface area contributed by atoms with Gasteiger partial charge < -0.3 is 15.0 Å². The number of hydrogen-bond donors (Lipinski definition) is 1. The zero-order chi connectivity index (χ0) is 10.1. The van der Waals surface area contributed by atoms with Gasteiger partial charge in [-0.15, -0.1) is 0 Å². The lowest BCUT2D eigenvalue weighted by Gasteiger charge is -2.11. The lowest BCUT2D eigenvalue weighted by atomic mass is 10.3. The van der Waals surface area contributed by atoms with Gasteiger partial charge in [-0.1, -0.05) is 0 Å². The molecule has 72 valence electrons. The normalized spacial score (nSPS) is 11.3. The molecule has 13 heavy (non-hydrogen) atoms. The quantitative estimate of drug-likeness (QED) is 0.580. The van der Waals surface area contributed by atoms with Gasteiger partial charge in [-0.2, -0.15) is 0 Å². The van der Waals surface area contributed by atoms with Crippen LogP contribution in [0.4, 0.5) is 5.69 Å². The molecular formula is C9H14NO2P. The molecule has 0 fully saturated rings. The Kier molecular flexibility index (Phi) is 2.67. The summed E-state index contributed by atoms with van der Waals surface area (Å²) in [5, 5.41) is 0.687. The van der Waals surface area contributed by atoms with Crippen molar-refractivity contribution in [2.45, 2.75) is 0 Å². The molecule has 1 aromatic rings. The summed E-state index contributed by atoms with van der Waals surface area (Å²) in [5.41, 5.74) is 6.27. The van der Waals surface area contributed by atoms with E-state index in [0.29, 0.717) is 16.7 Å². The summed E-state index contributed by atoms with van der Waals surface area (Å²) in [6.07, 6.45) is 0. The second-order valence-corrected chi connectivity index (χ2v) is 6.46. The summed E-state index contributed by atoms with van der Waals surface area (Å²) in [6.45, 7) is 3.39. The minimum atomic E-state index is -2.30. The van der Waals surface area contributed by atoms with E-state index in [1.54, 1.807) is 38.6 Å². The Morgan fingerprint density at radius 3 is 2.46 bits per heavy atom. The summed E-state index contributed by atoms with van der Waals surface area (Å²) in [5.74, 6) is 0.688. The maximum atomic E-state index is 11.8. The molecule has 0 spiro atoms. The minimum Gasteiger partial charge on any atom is -0.497 e. The third-order valence-electron chi connectivity index (χ3n) is 1.82. The molecule has 0 aliphatic carbocycles. The number of rotatable bonds is 2. The lowest BCUT2D eigenvalue weighted by Crippen LogP contribution is -2.09. The molecule has 0 aromatic heterocycles. The van der Waals surface area contributed by atoms with Crippen molar-refractivity contribution in [1.29, 1.82) is 0 Å². The van der Waals surface area contributed by atoms with E-state index in [2.05, 4.69) is 0 Å². The fourth-order valence-corrected chi connectivity index (χ4v) is 2.25. The smallest absolute Gasteiger partial charge is 0.119 e. The molecule has 0 aliphatic heterocycles. The summed E-state index contributed by atoms with van der Waals surface area (Å²) >= 11 is 0. The van der Waals surface area contributed by atoms with Crippen LogP contribution in [0, 0.1) is 0 Å². The van der Waals surface area contributed by atoms with Gasteiger partial charge in [-0.3, -0.25) is 0 Å². The van der Waals surface area contributed by atoms with E-state index in [1.165, 1.54) is 0 Å². The van der Waals surface area contributed by atoms with E-state index in [0.717, 1.165) is 0 Å². The van der Waals surface area contributed by atoms with Gasteiger partial charge in [0.15, 0.2) is 0 Å². The number of hydrogen-bond acceptors (Lipinski definition) is 3. The first-order chi connectivity index (χ1) is 5.95. The molecule has 0 bridgehead atoms. The number of benzene rings is 1. The van der Waals surface area contributed by atoms with E-state index >= 15 is 0 Å². The number of ether oxygens (including phenoxy) is 1. The lowest BCUT2D eigenvalue weighted by molar-refractivity contribution is 0.415. The average molecular weight is 199 g/mol. The predicted octanol–water partition coefficient (Wildman–Crippen LogP) is 1.53. The van der Waals surface area contributed by atoms with Crippen LogP contribution in [0.2, 0.25) is 0 Å². The third kappa shape index (κ3) is 2.25. The highest BCUT2D eigenvalue weighted by Crippen LogP contribution is 2.37. The summed E-state index contributed by atoms with van der Waals surface area (Å²) < 4.78 is 16.8. The number of methoxy groups -OCH3 is 1. The van der Waals surface area contributed by atoms with Crippen molar-refractivity contribution >= 4 is 18.1 Å². The van der Waals surface area contributed by atoms with Crippen molar-refractivity contribution in [3.63, 3.8) is 0 Å². The van der Waals surface area contributed by atoms with Crippen LogP contribution in [0.25, 0.3) is 0 Å². The number of anilines is 1. The van der Waals surface area contributed by atoms with E-state index in [1.807, 2.05) is 0 Å². The second kappa shape index (κ2) is 3.43. The van der Waals surface area contributed by atoms with Gasteiger partial charge in [0.1, 0.15) is 12.9 Å². The maximum Gasteiger partial charge on any atom is 0.119 e. The summed E-state index contributed by atoms with van der Waals surface area (Å²) in [7, 11) is -0.726. The molecule has 4 heteroatoms. The van der Waals surface area contributed by atoms with Crippen molar-refractivity contribution in [3.05, 3.63) is 18.2 Å². The molecule has 0 heterocycles. The van der Waals surface area contributed by atoms with E-state index in [9.17, 15) is 4.57 Å². The standard InChI is InChI=1S/C9H14NO2P/c1-12-7-4-5-8(10)9(6-7)13(2,3)11/h4-6H,10H2,1-3H3. The topological polar surface area (TPSA) is 52.3 Å². The first-order valence-electron chi connectivity index (χ1n) is 3.94. The first kappa shape index (κ1) is 10.1. The van der Waals surface area contributed by atoms with Crippen molar-refractivity contribution in [2.75, 3.05) is 26.2 Å². The van der Waals surface area contributed by atoms with Crippen molar-refractivity contribution in [3.8, 4) is 5.75 Å². The highest BCUT2D eigenvalue weighted by molar-refractivity contribution is 7.70. The Balaban J connectivity index is 3.27. The second-order valence-electron chi connectivity index (χ2n) is 3.28. The molecule has 0 amide bonds. The van der Waals surface area contributed by atoms with Gasteiger partial charge in [0, 0.05) is 11.0 Å². The van der Waals surface area contributed by atoms with Crippen LogP contribution in [-0.2, 0) is 4.57 Å². The van der Waals surface area contributed by atoms with Crippen LogP contribution in [0.15, 0.2) is 18.2 Å². The summed E-state index contributed by atoms with van der Waals surface area (Å²) in [6, 6.07) is 5.21. The first-order valence-corrected chi connectivity index (χ1v) is 6.54. The SMILES string of the molecule is COc1ccc(N)c(P(C)(C)=O)c1. The molecule has 0 atom stereocenters. The fourth-order valence-electron chi connectivity index (χ4n) is 1.12. The number of nitrogens with two attached hydrogens (primary N) is 1. The summed E-state index contributed by atoms with van der Waals surface area (Å²) in [4.78, 5) is 0. The van der Waals surface area contributed by atoms with E-state index in [-0.39, 0.29) is 0 Å². The van der Waals surface area contributed by atoms with Crippen LogP contribution in [-0.4, -0.2) is 20.4 Å². The van der Waals surface area contributed by atoms with Crippen molar-refractivity contribution in [1.82, 2.24) is 0 Å². The minimum absolute atomic E-state index is 0.564. The number of nitrogen functional groups attached to an aromatic ring is 1. The van der Waals surface area contributed by atoms with Crippen LogP contribution in [0.1, 0.15) is 0 Å². The average Bonchev–Trinajstić information content (AvgIpc) is 2.03. The van der Waals surface area contributed by atoms with E-state index < -0.39 is 7.14 Å². The van der Waals surface area contributed by atoms with Crippen LogP contribution < -0.4 is 15.8 Å². The Labute approximate surface area is 78.3 Å². The van der Waals surface area contributed by atoms with Gasteiger partial charge in [0.2, 0.25) is 0 Å². The molecule has 2 N–H and O–H groups in total. The monoisotopic (exact) mass is 199 g/mol. The van der Waals surface area contributed by atoms with Crippen molar-refractivity contribution in [2.24, 2.45) is 0 Å². The van der Waals surface area contributed by atoms with Gasteiger partial charge in [0.05, 0.1) is 7.11 Å². The molecular weight excluding hydrogens is 185 g/mol. The van der Waals surface area contributed by atoms with Crippen LogP contribution in [0.3, 0.4) is 0 Å². The zero-order valence-corrected chi connectivity index (χ0v) is 8.97. The maximum absolute atomic E-state index is 11.8. The molecule has 1 aromatic carbocycles. The molecule has 1 rings (SSSR count). The predicted molar refractivity (Wildman–Crippen MR) is 56.5 cm³/mol. The molecule has 0 aliphatic rings. The Bertz CT molecular complexity index is 357. The largest absolute Gasteiger partial charge is 0.497 e. The van der Waals surface area contributed by atoms with Crippen LogP contribution in [0.5, 0.6) is 5.75 Å². The van der Waals surface area contributed by atoms with Gasteiger partial charge in [-0.05, 0) is 31.5 Å². The zero-order valence-electron chi connectivity index (χ0n) is 8.07. The van der Waals surface area contributed by atoms with Gasteiger partial charge >= 0.3 is 0 Å². The Morgan fingerprint density at radius 1 is 1.38 bits per heavy atom. The van der Waals surface area contributed by atoms with E-state index in [4.69, 9.17) is 10.5 Å². The van der Waals surface area contributed by atoms with Crippen molar-refractivity contribution < 1.29 is 9.30 Å². The van der Waals surface area contributed by atoms with Gasteiger partial charge in [0.25, 0.3) is 0 Å². The van der Waals surface area contributed by atoms with Crippen LogP contribution >= 0.6 is 7.14 Å². The highest BCUT2D eigenvalue weighted by Gasteiger charge is 2.15. The Morgan fingerprint density at radius 2 is 2.00 bits per heavy atom. The van der Waals surface area contributed by atoms with Gasteiger partial charge in [-0.25, -0.2) is 0 Å². The fraction of sp³-hybridized carbons (Fsp3) is 0.333. The molecule has 0 radical (unpaired) electrons.